The van der Waals surface area contributed by atoms with Crippen molar-refractivity contribution in [3.63, 3.8) is 0 Å². The van der Waals surface area contributed by atoms with E-state index in [1.807, 2.05) is 6.07 Å². The van der Waals surface area contributed by atoms with E-state index in [9.17, 15) is 17.5 Å². The Morgan fingerprint density at radius 1 is 1.03 bits per heavy atom. The fourth-order valence-corrected chi connectivity index (χ4v) is 3.68. The van der Waals surface area contributed by atoms with Crippen molar-refractivity contribution < 1.29 is 99.0 Å². The summed E-state index contributed by atoms with van der Waals surface area (Å²) in [5.41, 5.74) is 1.45. The van der Waals surface area contributed by atoms with Crippen LogP contribution in [0.3, 0.4) is 0 Å². The van der Waals surface area contributed by atoms with Crippen LogP contribution >= 0.6 is 23.4 Å². The van der Waals surface area contributed by atoms with Crippen molar-refractivity contribution >= 4 is 62.0 Å². The molecule has 0 radical (unpaired) electrons. The van der Waals surface area contributed by atoms with Crippen molar-refractivity contribution in [1.29, 1.82) is 0 Å². The number of nitrogens with zero attached hydrogens (tertiary/aromatic N) is 1. The first-order valence-corrected chi connectivity index (χ1v) is 11.7. The molecular formula is C15H12N2Na2O9S4. The molecule has 11 nitrogen and oxygen atoms in total. The fourth-order valence-electron chi connectivity index (χ4n) is 2.20. The van der Waals surface area contributed by atoms with Gasteiger partial charge in [-0.2, -0.15) is 4.98 Å². The topological polar surface area (TPSA) is 151 Å². The second-order valence-corrected chi connectivity index (χ2v) is 7.77. The number of rotatable bonds is 11. The number of hydrogen-bond acceptors (Lipinski definition) is 13. The molecule has 0 aliphatic heterocycles. The molecule has 0 saturated carbocycles. The first kappa shape index (κ1) is 29.9. The molecule has 1 N–H and O–H groups in total. The van der Waals surface area contributed by atoms with E-state index in [-0.39, 0.29) is 83.1 Å². The molecule has 0 saturated heterocycles. The summed E-state index contributed by atoms with van der Waals surface area (Å²) < 4.78 is 63.1. The number of aromatic nitrogens is 1. The quantitative estimate of drug-likeness (QED) is 0.0650. The van der Waals surface area contributed by atoms with Crippen LogP contribution in [0.4, 0.5) is 5.69 Å². The Balaban J connectivity index is 0.00000256. The van der Waals surface area contributed by atoms with Gasteiger partial charge in [0, 0.05) is 42.2 Å². The Labute approximate surface area is 240 Å². The minimum Gasteiger partial charge on any atom is -0.740 e. The summed E-state index contributed by atoms with van der Waals surface area (Å²) in [6.45, 7) is -0.0208. The summed E-state index contributed by atoms with van der Waals surface area (Å²) in [5, 5.41) is 3.38. The zero-order valence-corrected chi connectivity index (χ0v) is 24.2. The third-order valence-corrected chi connectivity index (χ3v) is 4.98. The summed E-state index contributed by atoms with van der Waals surface area (Å²) in [4.78, 5) is 9.27. The summed E-state index contributed by atoms with van der Waals surface area (Å²) in [6, 6.07) is 9.01. The Bertz CT molecular complexity index is 1040. The van der Waals surface area contributed by atoms with Gasteiger partial charge < -0.3 is 27.5 Å². The second kappa shape index (κ2) is 15.0. The molecule has 0 amide bonds. The van der Waals surface area contributed by atoms with Gasteiger partial charge in [-0.05, 0) is 18.2 Å². The molecule has 3 aromatic rings. The van der Waals surface area contributed by atoms with E-state index in [4.69, 9.17) is 14.0 Å². The van der Waals surface area contributed by atoms with Crippen LogP contribution in [0.1, 0.15) is 0 Å². The molecule has 2 unspecified atom stereocenters. The molecule has 0 fully saturated rings. The van der Waals surface area contributed by atoms with E-state index < -0.39 is 22.7 Å². The van der Waals surface area contributed by atoms with Crippen LogP contribution in [0.2, 0.25) is 0 Å². The average Bonchev–Trinajstić information content (AvgIpc) is 3.07. The summed E-state index contributed by atoms with van der Waals surface area (Å²) in [6.07, 6.45) is 1.71. The average molecular weight is 539 g/mol. The van der Waals surface area contributed by atoms with Crippen LogP contribution in [-0.4, -0.2) is 35.5 Å². The van der Waals surface area contributed by atoms with Crippen LogP contribution in [-0.2, 0) is 27.1 Å². The maximum atomic E-state index is 10.7. The molecule has 1 heterocycles. The first-order valence-electron chi connectivity index (χ1n) is 7.78. The van der Waals surface area contributed by atoms with Crippen molar-refractivity contribution in [1.82, 2.24) is 4.98 Å². The maximum Gasteiger partial charge on any atom is 1.00 e. The van der Waals surface area contributed by atoms with Gasteiger partial charge in [-0.25, -0.2) is 8.42 Å². The first-order chi connectivity index (χ1) is 14.4. The predicted molar refractivity (Wildman–Crippen MR) is 110 cm³/mol. The zero-order valence-electron chi connectivity index (χ0n) is 16.9. The van der Waals surface area contributed by atoms with Gasteiger partial charge in [0.25, 0.3) is 0 Å². The Morgan fingerprint density at radius 2 is 1.66 bits per heavy atom. The zero-order chi connectivity index (χ0) is 21.5. The SMILES string of the molecule is CSOOc1nc2ccc(NCOc3cc(OS(=O)[O-])cc(OS(=O)[O-])c3)cc2s1.[Na+].[Na+]. The van der Waals surface area contributed by atoms with E-state index in [0.29, 0.717) is 10.9 Å². The molecule has 0 aliphatic rings. The van der Waals surface area contributed by atoms with Gasteiger partial charge in [0.15, 0.2) is 6.73 Å². The van der Waals surface area contributed by atoms with Crippen molar-refractivity contribution in [3.05, 3.63) is 36.4 Å². The van der Waals surface area contributed by atoms with Crippen molar-refractivity contribution in [2.45, 2.75) is 0 Å². The van der Waals surface area contributed by atoms with E-state index in [1.165, 1.54) is 23.5 Å². The van der Waals surface area contributed by atoms with Gasteiger partial charge in [0.2, 0.25) is 0 Å². The molecule has 0 bridgehead atoms. The van der Waals surface area contributed by atoms with Crippen molar-refractivity contribution in [2.75, 3.05) is 18.3 Å². The number of benzene rings is 2. The van der Waals surface area contributed by atoms with Crippen LogP contribution in [0, 0.1) is 0 Å². The molecule has 2 atom stereocenters. The van der Waals surface area contributed by atoms with Gasteiger partial charge in [-0.15, -0.1) is 4.33 Å². The van der Waals surface area contributed by atoms with E-state index in [2.05, 4.69) is 18.7 Å². The molecule has 1 aromatic heterocycles. The summed E-state index contributed by atoms with van der Waals surface area (Å²) in [5.74, 6) is -0.227. The number of nitrogens with one attached hydrogen (secondary N) is 1. The molecule has 0 spiro atoms. The van der Waals surface area contributed by atoms with Crippen LogP contribution in [0.5, 0.6) is 22.4 Å². The third kappa shape index (κ3) is 9.61. The monoisotopic (exact) mass is 538 g/mol. The van der Waals surface area contributed by atoms with Crippen LogP contribution < -0.4 is 82.4 Å². The fraction of sp³-hybridized carbons (Fsp3) is 0.133. The molecule has 17 heteroatoms. The second-order valence-electron chi connectivity index (χ2n) is 5.16. The minimum atomic E-state index is -2.85. The van der Waals surface area contributed by atoms with Gasteiger partial charge in [-0.1, -0.05) is 11.3 Å². The van der Waals surface area contributed by atoms with Gasteiger partial charge >= 0.3 is 64.3 Å². The molecule has 2 aromatic carbocycles. The number of fused-ring (bicyclic) bond motifs is 1. The molecule has 3 rings (SSSR count). The van der Waals surface area contributed by atoms with Gasteiger partial charge in [-0.3, -0.25) is 4.89 Å². The van der Waals surface area contributed by atoms with Crippen LogP contribution in [0.15, 0.2) is 36.4 Å². The summed E-state index contributed by atoms with van der Waals surface area (Å²) in [7, 11) is 0. The molecular weight excluding hydrogens is 526 g/mol. The van der Waals surface area contributed by atoms with E-state index in [1.54, 1.807) is 18.4 Å². The number of thiazole rings is 1. The number of anilines is 1. The third-order valence-electron chi connectivity index (χ3n) is 3.24. The van der Waals surface area contributed by atoms with E-state index >= 15 is 0 Å². The summed E-state index contributed by atoms with van der Waals surface area (Å²) >= 11 is -3.35. The molecule has 0 aliphatic carbocycles. The number of ether oxygens (including phenoxy) is 1. The Morgan fingerprint density at radius 3 is 2.25 bits per heavy atom. The standard InChI is InChI=1S/C15H14N2O9S4.2Na/c1-27-26-23-15-17-13-3-2-9(4-14(13)28-15)16-8-22-10-5-11(24-29(18)19)7-12(6-10)25-30(20)21;;/h2-7,16H,8H2,1H3,(H,18,19)(H,20,21);;/q;2*+1/p-2. The molecule has 162 valence electrons. The smallest absolute Gasteiger partial charge is 0.740 e. The molecule has 32 heavy (non-hydrogen) atoms. The largest absolute Gasteiger partial charge is 1.00 e. The van der Waals surface area contributed by atoms with Crippen molar-refractivity contribution in [2.24, 2.45) is 0 Å². The van der Waals surface area contributed by atoms with E-state index in [0.717, 1.165) is 28.3 Å². The maximum absolute atomic E-state index is 10.7. The van der Waals surface area contributed by atoms with Crippen molar-refractivity contribution in [3.8, 4) is 22.4 Å². The normalized spacial score (nSPS) is 12.1. The van der Waals surface area contributed by atoms with Crippen LogP contribution in [0.25, 0.3) is 10.2 Å². The minimum absolute atomic E-state index is 0. The van der Waals surface area contributed by atoms with Gasteiger partial charge in [0.1, 0.15) is 40.0 Å². The van der Waals surface area contributed by atoms with Gasteiger partial charge in [0.05, 0.1) is 10.2 Å². The Kier molecular flexibility index (Phi) is 14.0. The number of hydrogen-bond donors (Lipinski definition) is 1. The predicted octanol–water partition coefficient (Wildman–Crippen LogP) is -3.31. The Hall–Kier alpha value is -0.140.